The average molecular weight is 308 g/mol. The first-order valence-electron chi connectivity index (χ1n) is 6.64. The molecule has 0 amide bonds. The van der Waals surface area contributed by atoms with Gasteiger partial charge in [-0.2, -0.15) is 0 Å². The molecule has 23 heavy (non-hydrogen) atoms. The minimum atomic E-state index is -0.551. The van der Waals surface area contributed by atoms with Crippen molar-refractivity contribution < 1.29 is 9.72 Å². The van der Waals surface area contributed by atoms with Crippen LogP contribution in [0.25, 0.3) is 16.5 Å². The van der Waals surface area contributed by atoms with Crippen LogP contribution in [0.2, 0.25) is 0 Å². The second kappa shape index (κ2) is 7.02. The smallest absolute Gasteiger partial charge is 0.269 e. The van der Waals surface area contributed by atoms with Crippen LogP contribution in [0.1, 0.15) is 21.5 Å². The summed E-state index contributed by atoms with van der Waals surface area (Å²) in [5.41, 5.74) is 10.4. The van der Waals surface area contributed by atoms with E-state index >= 15 is 0 Å². The summed E-state index contributed by atoms with van der Waals surface area (Å²) in [6.07, 6.45) is 1.48. The first kappa shape index (κ1) is 15.9. The van der Waals surface area contributed by atoms with E-state index in [-0.39, 0.29) is 16.9 Å². The van der Waals surface area contributed by atoms with Crippen LogP contribution in [0, 0.1) is 17.0 Å². The van der Waals surface area contributed by atoms with Gasteiger partial charge in [0, 0.05) is 22.6 Å². The molecule has 0 bridgehead atoms. The molecule has 0 fully saturated rings. The molecule has 0 unspecified atom stereocenters. The van der Waals surface area contributed by atoms with Crippen LogP contribution in [0.15, 0.2) is 59.3 Å². The number of non-ortho nitro benzene ring substituents is 1. The molecular weight excluding hydrogens is 296 g/mol. The minimum Gasteiger partial charge on any atom is -0.289 e. The molecule has 2 rings (SSSR count). The van der Waals surface area contributed by atoms with Gasteiger partial charge in [-0.25, -0.2) is 0 Å². The summed E-state index contributed by atoms with van der Waals surface area (Å²) in [5.74, 6) is -0.502. The number of carbonyl (C=O) groups excluding carboxylic acids is 1. The number of nitro benzene ring substituents is 1. The molecule has 7 nitrogen and oxygen atoms in total. The highest BCUT2D eigenvalue weighted by atomic mass is 16.6. The molecule has 0 N–H and O–H groups in total. The van der Waals surface area contributed by atoms with E-state index in [0.717, 1.165) is 5.56 Å². The molecule has 0 spiro atoms. The number of azide groups is 1. The normalized spacial score (nSPS) is 10.7. The molecule has 114 valence electrons. The number of hydrogen-bond donors (Lipinski definition) is 0. The highest BCUT2D eigenvalue weighted by Crippen LogP contribution is 2.18. The fraction of sp³-hybridized carbons (Fsp3) is 0.0625. The molecule has 2 aromatic carbocycles. The number of ketones is 1. The number of carbonyl (C=O) groups is 1. The van der Waals surface area contributed by atoms with Crippen LogP contribution in [0.5, 0.6) is 0 Å². The zero-order valence-electron chi connectivity index (χ0n) is 12.2. The monoisotopic (exact) mass is 308 g/mol. The molecular formula is C16H12N4O3. The molecule has 0 aromatic heterocycles. The molecule has 0 radical (unpaired) electrons. The van der Waals surface area contributed by atoms with Gasteiger partial charge in [-0.1, -0.05) is 34.9 Å². The van der Waals surface area contributed by atoms with Gasteiger partial charge in [0.15, 0.2) is 5.78 Å². The molecule has 7 heteroatoms. The van der Waals surface area contributed by atoms with Crippen LogP contribution in [0.3, 0.4) is 0 Å². The summed E-state index contributed by atoms with van der Waals surface area (Å²) in [6, 6.07) is 12.5. The van der Waals surface area contributed by atoms with E-state index < -0.39 is 10.7 Å². The Morgan fingerprint density at radius 3 is 2.30 bits per heavy atom. The van der Waals surface area contributed by atoms with E-state index in [4.69, 9.17) is 5.53 Å². The van der Waals surface area contributed by atoms with Gasteiger partial charge in [0.25, 0.3) is 5.69 Å². The average Bonchev–Trinajstić information content (AvgIpc) is 2.56. The second-order valence-electron chi connectivity index (χ2n) is 4.76. The molecule has 0 aliphatic heterocycles. The Morgan fingerprint density at radius 1 is 1.17 bits per heavy atom. The Kier molecular flexibility index (Phi) is 4.86. The molecule has 0 aliphatic carbocycles. The van der Waals surface area contributed by atoms with Crippen LogP contribution >= 0.6 is 0 Å². The largest absolute Gasteiger partial charge is 0.289 e. The lowest BCUT2D eigenvalue weighted by Gasteiger charge is -2.02. The van der Waals surface area contributed by atoms with Crippen LogP contribution in [-0.4, -0.2) is 10.7 Å². The van der Waals surface area contributed by atoms with Crippen molar-refractivity contribution in [2.45, 2.75) is 6.92 Å². The number of benzene rings is 2. The fourth-order valence-electron chi connectivity index (χ4n) is 1.89. The highest BCUT2D eigenvalue weighted by molar-refractivity contribution is 6.11. The Morgan fingerprint density at radius 2 is 1.78 bits per heavy atom. The Balaban J connectivity index is 2.36. The third-order valence-corrected chi connectivity index (χ3v) is 3.11. The number of aryl methyl sites for hydroxylation is 1. The quantitative estimate of drug-likeness (QED) is 0.155. The maximum absolute atomic E-state index is 12.4. The Bertz CT molecular complexity index is 817. The lowest BCUT2D eigenvalue weighted by atomic mass is 10.1. The van der Waals surface area contributed by atoms with Gasteiger partial charge < -0.3 is 0 Å². The van der Waals surface area contributed by atoms with Gasteiger partial charge in [-0.05, 0) is 36.2 Å². The van der Waals surface area contributed by atoms with Crippen molar-refractivity contribution in [2.75, 3.05) is 0 Å². The highest BCUT2D eigenvalue weighted by Gasteiger charge is 2.13. The number of nitrogens with zero attached hydrogens (tertiary/aromatic N) is 4. The standard InChI is InChI=1S/C16H12N4O3/c1-11-2-4-12(5-3-11)10-15(18-19-17)16(21)13-6-8-14(9-7-13)20(22)23/h2-10H,1H3. The van der Waals surface area contributed by atoms with Crippen molar-refractivity contribution in [1.29, 1.82) is 0 Å². The van der Waals surface area contributed by atoms with Crippen molar-refractivity contribution >= 4 is 17.5 Å². The van der Waals surface area contributed by atoms with Crippen molar-refractivity contribution in [3.63, 3.8) is 0 Å². The van der Waals surface area contributed by atoms with Crippen molar-refractivity contribution in [1.82, 2.24) is 0 Å². The number of hydrogen-bond acceptors (Lipinski definition) is 4. The van der Waals surface area contributed by atoms with Gasteiger partial charge in [0.2, 0.25) is 0 Å². The third-order valence-electron chi connectivity index (χ3n) is 3.11. The summed E-state index contributed by atoms with van der Waals surface area (Å²) in [6.45, 7) is 1.93. The van der Waals surface area contributed by atoms with E-state index in [2.05, 4.69) is 10.0 Å². The van der Waals surface area contributed by atoms with E-state index in [0.29, 0.717) is 5.56 Å². The van der Waals surface area contributed by atoms with Crippen LogP contribution in [0.4, 0.5) is 5.69 Å². The van der Waals surface area contributed by atoms with Gasteiger partial charge in [0.05, 0.1) is 10.6 Å². The summed E-state index contributed by atoms with van der Waals surface area (Å²) >= 11 is 0. The maximum Gasteiger partial charge on any atom is 0.269 e. The SMILES string of the molecule is Cc1ccc(C=C(N=[N+]=[N-])C(=O)c2ccc([N+](=O)[O-])cc2)cc1. The summed E-state index contributed by atoms with van der Waals surface area (Å²) < 4.78 is 0. The van der Waals surface area contributed by atoms with Crippen molar-refractivity contribution in [2.24, 2.45) is 5.11 Å². The Hall–Kier alpha value is -3.44. The molecule has 0 saturated carbocycles. The topological polar surface area (TPSA) is 109 Å². The molecule has 0 saturated heterocycles. The molecule has 2 aromatic rings. The zero-order chi connectivity index (χ0) is 16.8. The number of rotatable bonds is 5. The zero-order valence-corrected chi connectivity index (χ0v) is 12.2. The minimum absolute atomic E-state index is 0.0785. The van der Waals surface area contributed by atoms with Crippen LogP contribution in [-0.2, 0) is 0 Å². The van der Waals surface area contributed by atoms with E-state index in [1.807, 2.05) is 19.1 Å². The maximum atomic E-state index is 12.4. The van der Waals surface area contributed by atoms with Gasteiger partial charge in [-0.3, -0.25) is 14.9 Å². The van der Waals surface area contributed by atoms with E-state index in [9.17, 15) is 14.9 Å². The van der Waals surface area contributed by atoms with Gasteiger partial charge >= 0.3 is 0 Å². The van der Waals surface area contributed by atoms with E-state index in [1.165, 1.54) is 30.3 Å². The number of Topliss-reactive ketones (excluding diaryl/α,β-unsaturated/α-hetero) is 1. The molecule has 0 heterocycles. The lowest BCUT2D eigenvalue weighted by molar-refractivity contribution is -0.384. The fourth-order valence-corrected chi connectivity index (χ4v) is 1.89. The molecule has 0 aliphatic rings. The van der Waals surface area contributed by atoms with Gasteiger partial charge in [0.1, 0.15) is 0 Å². The summed E-state index contributed by atoms with van der Waals surface area (Å²) in [7, 11) is 0. The summed E-state index contributed by atoms with van der Waals surface area (Å²) in [4.78, 5) is 25.1. The Labute approximate surface area is 131 Å². The van der Waals surface area contributed by atoms with Crippen molar-refractivity contribution in [3.05, 3.63) is 91.5 Å². The predicted molar refractivity (Wildman–Crippen MR) is 85.7 cm³/mol. The predicted octanol–water partition coefficient (Wildman–Crippen LogP) is 4.44. The van der Waals surface area contributed by atoms with Crippen LogP contribution < -0.4 is 0 Å². The third kappa shape index (κ3) is 4.03. The first-order chi connectivity index (χ1) is 11.0. The lowest BCUT2D eigenvalue weighted by Crippen LogP contribution is -2.01. The number of nitro groups is 1. The van der Waals surface area contributed by atoms with Crippen molar-refractivity contribution in [3.8, 4) is 0 Å². The second-order valence-corrected chi connectivity index (χ2v) is 4.76. The van der Waals surface area contributed by atoms with E-state index in [1.54, 1.807) is 12.1 Å². The first-order valence-corrected chi connectivity index (χ1v) is 6.64. The number of allylic oxidation sites excluding steroid dienone is 1. The summed E-state index contributed by atoms with van der Waals surface area (Å²) in [5, 5.41) is 14.1. The molecule has 0 atom stereocenters. The van der Waals surface area contributed by atoms with Gasteiger partial charge in [-0.15, -0.1) is 0 Å².